The molecule has 0 saturated heterocycles. The van der Waals surface area contributed by atoms with Gasteiger partial charge in [0.1, 0.15) is 17.6 Å². The molecule has 96 valence electrons. The van der Waals surface area contributed by atoms with Crippen LogP contribution in [0, 0.1) is 0 Å². The molecular weight excluding hydrogens is 288 g/mol. The first kappa shape index (κ1) is 14.3. The summed E-state index contributed by atoms with van der Waals surface area (Å²) < 4.78 is 10.3. The smallest absolute Gasteiger partial charge is 0.128 e. The monoisotopic (exact) mass is 304 g/mol. The Morgan fingerprint density at radius 3 is 2.12 bits per heavy atom. The second kappa shape index (κ2) is 6.83. The third-order valence-corrected chi connectivity index (χ3v) is 2.99. The molecule has 2 unspecified atom stereocenters. The maximum Gasteiger partial charge on any atom is 0.128 e. The van der Waals surface area contributed by atoms with Gasteiger partial charge in [0.05, 0.1) is 25.9 Å². The minimum atomic E-state index is -1.03. The number of methoxy groups -OCH3 is 2. The fourth-order valence-electron chi connectivity index (χ4n) is 1.63. The van der Waals surface area contributed by atoms with Crippen LogP contribution in [0.4, 0.5) is 0 Å². The van der Waals surface area contributed by atoms with E-state index in [1.54, 1.807) is 18.2 Å². The van der Waals surface area contributed by atoms with Crippen LogP contribution in [0.1, 0.15) is 18.1 Å². The molecule has 0 fully saturated rings. The molecule has 0 heterocycles. The van der Waals surface area contributed by atoms with Crippen LogP contribution >= 0.6 is 15.9 Å². The highest BCUT2D eigenvalue weighted by atomic mass is 79.9. The van der Waals surface area contributed by atoms with E-state index in [1.807, 2.05) is 0 Å². The zero-order valence-corrected chi connectivity index (χ0v) is 11.5. The summed E-state index contributed by atoms with van der Waals surface area (Å²) in [5.74, 6) is 1.01. The van der Waals surface area contributed by atoms with Gasteiger partial charge in [-0.2, -0.15) is 0 Å². The number of aliphatic hydroxyl groups excluding tert-OH is 2. The maximum atomic E-state index is 10.1. The van der Waals surface area contributed by atoms with E-state index in [-0.39, 0.29) is 0 Å². The van der Waals surface area contributed by atoms with Gasteiger partial charge < -0.3 is 19.7 Å². The van der Waals surface area contributed by atoms with Gasteiger partial charge in [-0.15, -0.1) is 0 Å². The Hall–Kier alpha value is -0.780. The highest BCUT2D eigenvalue weighted by molar-refractivity contribution is 9.09. The summed E-state index contributed by atoms with van der Waals surface area (Å²) in [4.78, 5) is 0. The number of benzene rings is 1. The fraction of sp³-hybridized carbons (Fsp3) is 0.500. The van der Waals surface area contributed by atoms with Crippen LogP contribution in [0.15, 0.2) is 18.2 Å². The van der Waals surface area contributed by atoms with E-state index in [2.05, 4.69) is 15.9 Å². The molecule has 0 spiro atoms. The van der Waals surface area contributed by atoms with Gasteiger partial charge in [-0.1, -0.05) is 22.0 Å². The highest BCUT2D eigenvalue weighted by Crippen LogP contribution is 2.36. The fourth-order valence-corrected chi connectivity index (χ4v) is 2.10. The predicted molar refractivity (Wildman–Crippen MR) is 68.9 cm³/mol. The molecule has 5 heteroatoms. The van der Waals surface area contributed by atoms with E-state index < -0.39 is 12.2 Å². The molecule has 0 radical (unpaired) electrons. The summed E-state index contributed by atoms with van der Waals surface area (Å²) in [5.41, 5.74) is 0.478. The number of halogens is 1. The second-order valence-electron chi connectivity index (χ2n) is 3.57. The van der Waals surface area contributed by atoms with E-state index >= 15 is 0 Å². The zero-order chi connectivity index (χ0) is 12.8. The van der Waals surface area contributed by atoms with Crippen molar-refractivity contribution in [1.82, 2.24) is 0 Å². The van der Waals surface area contributed by atoms with Crippen molar-refractivity contribution in [3.63, 3.8) is 0 Å². The van der Waals surface area contributed by atoms with Crippen LogP contribution in [0.25, 0.3) is 0 Å². The molecule has 0 aliphatic carbocycles. The number of ether oxygens (including phenoxy) is 2. The molecule has 0 saturated carbocycles. The lowest BCUT2D eigenvalue weighted by Gasteiger charge is -2.21. The van der Waals surface area contributed by atoms with Crippen LogP contribution in [0.3, 0.4) is 0 Å². The number of alkyl halides is 1. The summed E-state index contributed by atoms with van der Waals surface area (Å²) in [6.45, 7) is 0. The second-order valence-corrected chi connectivity index (χ2v) is 4.36. The molecular formula is C12H17BrO4. The van der Waals surface area contributed by atoms with Gasteiger partial charge in [0, 0.05) is 5.33 Å². The van der Waals surface area contributed by atoms with E-state index in [9.17, 15) is 10.2 Å². The molecule has 17 heavy (non-hydrogen) atoms. The van der Waals surface area contributed by atoms with Gasteiger partial charge in [-0.05, 0) is 18.6 Å². The van der Waals surface area contributed by atoms with E-state index in [1.165, 1.54) is 14.2 Å². The molecule has 4 nitrogen and oxygen atoms in total. The van der Waals surface area contributed by atoms with Crippen molar-refractivity contribution in [3.05, 3.63) is 23.8 Å². The van der Waals surface area contributed by atoms with Crippen LogP contribution < -0.4 is 9.47 Å². The molecule has 0 aliphatic heterocycles. The molecule has 0 aliphatic rings. The number of aliphatic hydroxyl groups is 2. The van der Waals surface area contributed by atoms with E-state index in [0.717, 1.165) is 0 Å². The normalized spacial score (nSPS) is 14.2. The average molecular weight is 305 g/mol. The van der Waals surface area contributed by atoms with Crippen molar-refractivity contribution in [1.29, 1.82) is 0 Å². The van der Waals surface area contributed by atoms with Crippen LogP contribution in [0.2, 0.25) is 0 Å². The quantitative estimate of drug-likeness (QED) is 0.788. The van der Waals surface area contributed by atoms with Crippen molar-refractivity contribution in [3.8, 4) is 11.5 Å². The van der Waals surface area contributed by atoms with Crippen LogP contribution in [-0.2, 0) is 0 Å². The first-order chi connectivity index (χ1) is 8.15. The third-order valence-electron chi connectivity index (χ3n) is 2.53. The summed E-state index contributed by atoms with van der Waals surface area (Å²) in [5, 5.41) is 20.5. The summed E-state index contributed by atoms with van der Waals surface area (Å²) in [7, 11) is 3.03. The Bertz CT molecular complexity index is 334. The Balaban J connectivity index is 3.08. The lowest BCUT2D eigenvalue weighted by atomic mass is 10.0. The minimum Gasteiger partial charge on any atom is -0.496 e. The molecule has 0 amide bonds. The van der Waals surface area contributed by atoms with Gasteiger partial charge in [-0.25, -0.2) is 0 Å². The molecule has 1 aromatic rings. The Kier molecular flexibility index (Phi) is 5.74. The SMILES string of the molecule is COc1cccc(OC)c1C(O)C(O)CCBr. The Morgan fingerprint density at radius 1 is 1.18 bits per heavy atom. The minimum absolute atomic E-state index is 0.447. The van der Waals surface area contributed by atoms with Crippen LogP contribution in [-0.4, -0.2) is 35.9 Å². The van der Waals surface area contributed by atoms with E-state index in [4.69, 9.17) is 9.47 Å². The summed E-state index contributed by atoms with van der Waals surface area (Å²) in [6.07, 6.45) is -1.44. The molecule has 0 aromatic heterocycles. The molecule has 2 N–H and O–H groups in total. The van der Waals surface area contributed by atoms with Crippen molar-refractivity contribution in [2.24, 2.45) is 0 Å². The van der Waals surface area contributed by atoms with Crippen molar-refractivity contribution in [2.75, 3.05) is 19.5 Å². The lowest BCUT2D eigenvalue weighted by Crippen LogP contribution is -2.20. The van der Waals surface area contributed by atoms with Gasteiger partial charge in [-0.3, -0.25) is 0 Å². The number of hydrogen-bond acceptors (Lipinski definition) is 4. The van der Waals surface area contributed by atoms with Gasteiger partial charge in [0.2, 0.25) is 0 Å². The molecule has 1 rings (SSSR count). The zero-order valence-electron chi connectivity index (χ0n) is 9.89. The lowest BCUT2D eigenvalue weighted by molar-refractivity contribution is 0.0146. The predicted octanol–water partition coefficient (Wildman–Crippen LogP) is 1.88. The van der Waals surface area contributed by atoms with Gasteiger partial charge in [0.25, 0.3) is 0 Å². The van der Waals surface area contributed by atoms with Gasteiger partial charge >= 0.3 is 0 Å². The Labute approximate surface area is 109 Å². The van der Waals surface area contributed by atoms with Crippen LogP contribution in [0.5, 0.6) is 11.5 Å². The average Bonchev–Trinajstić information content (AvgIpc) is 2.37. The largest absolute Gasteiger partial charge is 0.496 e. The first-order valence-electron chi connectivity index (χ1n) is 5.28. The molecule has 0 bridgehead atoms. The van der Waals surface area contributed by atoms with E-state index in [0.29, 0.717) is 28.8 Å². The standard InChI is InChI=1S/C12H17BrO4/c1-16-9-4-3-5-10(17-2)11(9)12(15)8(14)6-7-13/h3-5,8,12,14-15H,6-7H2,1-2H3. The van der Waals surface area contributed by atoms with Crippen molar-refractivity contribution < 1.29 is 19.7 Å². The first-order valence-corrected chi connectivity index (χ1v) is 6.40. The summed E-state index contributed by atoms with van der Waals surface area (Å²) >= 11 is 3.23. The Morgan fingerprint density at radius 2 is 1.71 bits per heavy atom. The van der Waals surface area contributed by atoms with Gasteiger partial charge in [0.15, 0.2) is 0 Å². The molecule has 1 aromatic carbocycles. The molecule has 2 atom stereocenters. The maximum absolute atomic E-state index is 10.1. The van der Waals surface area contributed by atoms with Crippen molar-refractivity contribution in [2.45, 2.75) is 18.6 Å². The van der Waals surface area contributed by atoms with Crippen molar-refractivity contribution >= 4 is 15.9 Å². The third kappa shape index (κ3) is 3.34. The highest BCUT2D eigenvalue weighted by Gasteiger charge is 2.24. The topological polar surface area (TPSA) is 58.9 Å². The number of hydrogen-bond donors (Lipinski definition) is 2. The number of rotatable bonds is 6. The summed E-state index contributed by atoms with van der Waals surface area (Å²) in [6, 6.07) is 5.22.